The third-order valence-electron chi connectivity index (χ3n) is 4.99. The van der Waals surface area contributed by atoms with E-state index in [4.69, 9.17) is 18.9 Å². The zero-order valence-corrected chi connectivity index (χ0v) is 16.3. The van der Waals surface area contributed by atoms with Crippen molar-refractivity contribution in [1.82, 2.24) is 5.32 Å². The Morgan fingerprint density at radius 2 is 1.68 bits per heavy atom. The first-order valence-electron chi connectivity index (χ1n) is 8.83. The summed E-state index contributed by atoms with van der Waals surface area (Å²) in [6, 6.07) is 6.54. The number of amides is 1. The van der Waals surface area contributed by atoms with Gasteiger partial charge in [0.1, 0.15) is 0 Å². The number of ether oxygens (including phenoxy) is 4. The van der Waals surface area contributed by atoms with E-state index in [1.165, 1.54) is 13.2 Å². The van der Waals surface area contributed by atoms with E-state index in [1.807, 2.05) is 12.1 Å². The van der Waals surface area contributed by atoms with Crippen molar-refractivity contribution in [3.63, 3.8) is 0 Å². The molecule has 0 bridgehead atoms. The Labute approximate surface area is 163 Å². The number of benzene rings is 1. The second-order valence-electron chi connectivity index (χ2n) is 6.33. The lowest BCUT2D eigenvalue weighted by molar-refractivity contribution is -0.110. The molecule has 2 aromatic rings. The Hall–Kier alpha value is -3.22. The van der Waals surface area contributed by atoms with Crippen LogP contribution in [0.15, 0.2) is 29.1 Å². The van der Waals surface area contributed by atoms with Gasteiger partial charge in [-0.2, -0.15) is 0 Å². The van der Waals surface area contributed by atoms with E-state index < -0.39 is 0 Å². The van der Waals surface area contributed by atoms with Gasteiger partial charge in [-0.05, 0) is 47.7 Å². The molecule has 1 amide bonds. The first-order chi connectivity index (χ1) is 13.6. The Morgan fingerprint density at radius 3 is 2.29 bits per heavy atom. The van der Waals surface area contributed by atoms with Crippen LogP contribution in [-0.4, -0.2) is 34.8 Å². The molecule has 0 aromatic heterocycles. The summed E-state index contributed by atoms with van der Waals surface area (Å²) < 4.78 is 21.9. The van der Waals surface area contributed by atoms with E-state index in [0.717, 1.165) is 16.7 Å². The van der Waals surface area contributed by atoms with Gasteiger partial charge in [0.25, 0.3) is 0 Å². The average Bonchev–Trinajstić information content (AvgIpc) is 2.95. The highest BCUT2D eigenvalue weighted by molar-refractivity contribution is 5.82. The predicted molar refractivity (Wildman–Crippen MR) is 105 cm³/mol. The largest absolute Gasteiger partial charge is 0.493 e. The van der Waals surface area contributed by atoms with E-state index in [-0.39, 0.29) is 17.2 Å². The van der Waals surface area contributed by atoms with Crippen molar-refractivity contribution in [2.24, 2.45) is 0 Å². The van der Waals surface area contributed by atoms with E-state index >= 15 is 0 Å². The minimum absolute atomic E-state index is 0.221. The summed E-state index contributed by atoms with van der Waals surface area (Å²) >= 11 is 0. The minimum atomic E-state index is -0.327. The van der Waals surface area contributed by atoms with Crippen molar-refractivity contribution in [1.29, 1.82) is 0 Å². The second kappa shape index (κ2) is 8.21. The molecule has 0 fully saturated rings. The number of aryl methyl sites for hydroxylation is 1. The van der Waals surface area contributed by atoms with Crippen molar-refractivity contribution in [2.75, 3.05) is 28.4 Å². The summed E-state index contributed by atoms with van der Waals surface area (Å²) in [5.41, 5.74) is 2.99. The summed E-state index contributed by atoms with van der Waals surface area (Å²) in [5.74, 6) is 1.77. The Kier molecular flexibility index (Phi) is 5.73. The third-order valence-corrected chi connectivity index (χ3v) is 4.99. The Bertz CT molecular complexity index is 956. The zero-order chi connectivity index (χ0) is 20.3. The second-order valence-corrected chi connectivity index (χ2v) is 6.33. The molecule has 148 valence electrons. The number of hydrogen-bond acceptors (Lipinski definition) is 6. The molecule has 0 radical (unpaired) electrons. The van der Waals surface area contributed by atoms with Crippen LogP contribution in [0.3, 0.4) is 0 Å². The number of methoxy groups -OCH3 is 4. The molecular formula is C21H23NO6. The van der Waals surface area contributed by atoms with E-state index in [1.54, 1.807) is 27.4 Å². The lowest BCUT2D eigenvalue weighted by atomic mass is 9.95. The molecule has 1 aliphatic carbocycles. The number of rotatable bonds is 6. The average molecular weight is 385 g/mol. The quantitative estimate of drug-likeness (QED) is 0.770. The minimum Gasteiger partial charge on any atom is -0.493 e. The van der Waals surface area contributed by atoms with Crippen molar-refractivity contribution in [3.05, 3.63) is 45.6 Å². The topological polar surface area (TPSA) is 83.1 Å². The monoisotopic (exact) mass is 385 g/mol. The standard InChI is InChI=1S/C21H23NO6/c1-25-17-8-6-13-14(10-16(17)24)15(22-11-23)7-5-12-9-18(26-2)20(27-3)21(28-4)19(12)13/h6,8-11,15H,5,7H2,1-4H3,(H,22,23)/t15-/m0/s1. The lowest BCUT2D eigenvalue weighted by Crippen LogP contribution is -2.20. The van der Waals surface area contributed by atoms with Crippen LogP contribution >= 0.6 is 0 Å². The number of hydrogen-bond donors (Lipinski definition) is 1. The fraction of sp³-hybridized carbons (Fsp3) is 0.333. The van der Waals surface area contributed by atoms with Crippen LogP contribution in [0.25, 0.3) is 11.1 Å². The highest BCUT2D eigenvalue weighted by Gasteiger charge is 2.28. The van der Waals surface area contributed by atoms with Crippen LogP contribution in [0.5, 0.6) is 23.0 Å². The molecule has 0 saturated heterocycles. The van der Waals surface area contributed by atoms with Gasteiger partial charge in [0.05, 0.1) is 34.5 Å². The van der Waals surface area contributed by atoms with Crippen LogP contribution in [0.1, 0.15) is 23.6 Å². The SMILES string of the molecule is COc1cc2c(c(OC)c1OC)-c1ccc(OC)c(=O)cc1[C@@H](NC=O)CC2. The number of nitrogens with one attached hydrogen (secondary N) is 1. The van der Waals surface area contributed by atoms with E-state index in [0.29, 0.717) is 42.1 Å². The molecular weight excluding hydrogens is 362 g/mol. The molecule has 7 heteroatoms. The highest BCUT2D eigenvalue weighted by atomic mass is 16.5. The molecule has 3 rings (SSSR count). The molecule has 1 aliphatic rings. The normalized spacial score (nSPS) is 14.8. The maximum absolute atomic E-state index is 12.6. The molecule has 28 heavy (non-hydrogen) atoms. The zero-order valence-electron chi connectivity index (χ0n) is 16.3. The van der Waals surface area contributed by atoms with E-state index in [9.17, 15) is 9.59 Å². The van der Waals surface area contributed by atoms with Gasteiger partial charge in [-0.15, -0.1) is 0 Å². The van der Waals surface area contributed by atoms with Crippen molar-refractivity contribution < 1.29 is 23.7 Å². The molecule has 1 N–H and O–H groups in total. The molecule has 0 spiro atoms. The van der Waals surface area contributed by atoms with Crippen LogP contribution in [0.4, 0.5) is 0 Å². The first-order valence-corrected chi connectivity index (χ1v) is 8.83. The molecule has 0 aliphatic heterocycles. The summed E-state index contributed by atoms with van der Waals surface area (Å²) in [4.78, 5) is 23.8. The molecule has 0 heterocycles. The molecule has 2 aromatic carbocycles. The maximum atomic E-state index is 12.6. The fourth-order valence-electron chi connectivity index (χ4n) is 3.72. The molecule has 0 saturated carbocycles. The number of carbonyl (C=O) groups is 1. The van der Waals surface area contributed by atoms with Gasteiger partial charge < -0.3 is 24.3 Å². The summed E-state index contributed by atoms with van der Waals surface area (Å²) in [6.07, 6.45) is 1.92. The molecule has 7 nitrogen and oxygen atoms in total. The number of carbonyl (C=O) groups excluding carboxylic acids is 1. The van der Waals surface area contributed by atoms with Gasteiger partial charge in [-0.3, -0.25) is 9.59 Å². The van der Waals surface area contributed by atoms with Gasteiger partial charge in [-0.1, -0.05) is 6.07 Å². The summed E-state index contributed by atoms with van der Waals surface area (Å²) in [5, 5.41) is 2.83. The van der Waals surface area contributed by atoms with Crippen molar-refractivity contribution in [3.8, 4) is 34.1 Å². The van der Waals surface area contributed by atoms with Gasteiger partial charge in [0, 0.05) is 5.56 Å². The van der Waals surface area contributed by atoms with Crippen LogP contribution < -0.4 is 29.7 Å². The highest BCUT2D eigenvalue weighted by Crippen LogP contribution is 2.50. The maximum Gasteiger partial charge on any atom is 0.220 e. The van der Waals surface area contributed by atoms with Crippen LogP contribution in [0.2, 0.25) is 0 Å². The summed E-state index contributed by atoms with van der Waals surface area (Å²) in [7, 11) is 6.13. The van der Waals surface area contributed by atoms with Gasteiger partial charge in [0.15, 0.2) is 17.2 Å². The van der Waals surface area contributed by atoms with Gasteiger partial charge in [-0.25, -0.2) is 0 Å². The van der Waals surface area contributed by atoms with E-state index in [2.05, 4.69) is 5.32 Å². The summed E-state index contributed by atoms with van der Waals surface area (Å²) in [6.45, 7) is 0. The predicted octanol–water partition coefficient (Wildman–Crippen LogP) is 2.48. The van der Waals surface area contributed by atoms with Crippen LogP contribution in [-0.2, 0) is 11.2 Å². The Morgan fingerprint density at radius 1 is 0.964 bits per heavy atom. The van der Waals surface area contributed by atoms with Crippen molar-refractivity contribution >= 4 is 6.41 Å². The third kappa shape index (κ3) is 3.24. The van der Waals surface area contributed by atoms with Gasteiger partial charge >= 0.3 is 0 Å². The number of fused-ring (bicyclic) bond motifs is 3. The molecule has 0 unspecified atom stereocenters. The van der Waals surface area contributed by atoms with Crippen molar-refractivity contribution in [2.45, 2.75) is 18.9 Å². The first kappa shape index (κ1) is 19.5. The molecule has 1 atom stereocenters. The van der Waals surface area contributed by atoms with Crippen LogP contribution in [0, 0.1) is 0 Å². The Balaban J connectivity index is 2.43. The fourth-order valence-corrected chi connectivity index (χ4v) is 3.72. The lowest BCUT2D eigenvalue weighted by Gasteiger charge is -2.19. The van der Waals surface area contributed by atoms with Gasteiger partial charge in [0.2, 0.25) is 17.6 Å². The smallest absolute Gasteiger partial charge is 0.220 e.